The summed E-state index contributed by atoms with van der Waals surface area (Å²) in [5, 5.41) is 5.85. The van der Waals surface area contributed by atoms with E-state index in [9.17, 15) is 9.18 Å². The third-order valence-corrected chi connectivity index (χ3v) is 4.80. The van der Waals surface area contributed by atoms with E-state index in [1.165, 1.54) is 6.07 Å². The van der Waals surface area contributed by atoms with Crippen LogP contribution in [-0.2, 0) is 4.79 Å². The largest absolute Gasteiger partial charge is 0.374 e. The predicted molar refractivity (Wildman–Crippen MR) is 94.7 cm³/mol. The zero-order valence-electron chi connectivity index (χ0n) is 14.1. The molecule has 0 radical (unpaired) electrons. The Morgan fingerprint density at radius 1 is 1.33 bits per heavy atom. The number of amides is 1. The molecule has 1 aromatic rings. The lowest BCUT2D eigenvalue weighted by Crippen LogP contribution is -2.46. The average molecular weight is 332 g/mol. The van der Waals surface area contributed by atoms with Gasteiger partial charge in [-0.3, -0.25) is 4.79 Å². The van der Waals surface area contributed by atoms with Gasteiger partial charge in [-0.1, -0.05) is 13.5 Å². The summed E-state index contributed by atoms with van der Waals surface area (Å²) in [7, 11) is 0. The summed E-state index contributed by atoms with van der Waals surface area (Å²) in [5.41, 5.74) is 2.01. The van der Waals surface area contributed by atoms with Gasteiger partial charge < -0.3 is 20.4 Å². The van der Waals surface area contributed by atoms with E-state index in [0.29, 0.717) is 17.8 Å². The van der Waals surface area contributed by atoms with Crippen molar-refractivity contribution in [2.75, 3.05) is 42.9 Å². The number of anilines is 2. The van der Waals surface area contributed by atoms with E-state index in [1.807, 2.05) is 6.07 Å². The molecule has 0 saturated carbocycles. The number of rotatable bonds is 4. The average Bonchev–Trinajstić information content (AvgIpc) is 2.58. The molecule has 0 spiro atoms. The number of carbonyl (C=O) groups excluding carboxylic acids is 1. The molecule has 2 aliphatic rings. The fraction of sp³-hybridized carbons (Fsp3) is 0.500. The molecule has 1 atom stereocenters. The van der Waals surface area contributed by atoms with Crippen LogP contribution in [0.4, 0.5) is 15.8 Å². The van der Waals surface area contributed by atoms with Crippen molar-refractivity contribution in [3.05, 3.63) is 36.3 Å². The lowest BCUT2D eigenvalue weighted by Gasteiger charge is -2.35. The summed E-state index contributed by atoms with van der Waals surface area (Å²) in [4.78, 5) is 16.4. The van der Waals surface area contributed by atoms with Crippen LogP contribution in [0.15, 0.2) is 30.5 Å². The number of nitrogens with zero attached hydrogens (tertiary/aromatic N) is 2. The van der Waals surface area contributed by atoms with Crippen LogP contribution in [0, 0.1) is 5.82 Å². The van der Waals surface area contributed by atoms with Crippen LogP contribution in [-0.4, -0.2) is 49.6 Å². The SMILES string of the molecule is C=C1CCC(Nc2ccc(N3CCN(CC)CC3)c(F)c2)C(=O)N1. The second-order valence-corrected chi connectivity index (χ2v) is 6.42. The zero-order valence-corrected chi connectivity index (χ0v) is 14.1. The number of halogens is 1. The number of piperidine rings is 1. The van der Waals surface area contributed by atoms with E-state index in [4.69, 9.17) is 0 Å². The number of carbonyl (C=O) groups is 1. The van der Waals surface area contributed by atoms with Gasteiger partial charge in [0, 0.05) is 37.6 Å². The molecule has 0 aliphatic carbocycles. The summed E-state index contributed by atoms with van der Waals surface area (Å²) in [6.07, 6.45) is 1.42. The molecule has 1 amide bonds. The van der Waals surface area contributed by atoms with Crippen molar-refractivity contribution in [1.29, 1.82) is 0 Å². The molecule has 24 heavy (non-hydrogen) atoms. The van der Waals surface area contributed by atoms with Gasteiger partial charge in [0.05, 0.1) is 5.69 Å². The van der Waals surface area contributed by atoms with E-state index >= 15 is 0 Å². The minimum absolute atomic E-state index is 0.105. The molecule has 0 aromatic heterocycles. The van der Waals surface area contributed by atoms with Crippen molar-refractivity contribution in [2.45, 2.75) is 25.8 Å². The van der Waals surface area contributed by atoms with Crippen LogP contribution in [0.5, 0.6) is 0 Å². The fourth-order valence-electron chi connectivity index (χ4n) is 3.27. The van der Waals surface area contributed by atoms with Gasteiger partial charge in [0.25, 0.3) is 0 Å². The van der Waals surface area contributed by atoms with Gasteiger partial charge >= 0.3 is 0 Å². The Labute approximate surface area is 142 Å². The van der Waals surface area contributed by atoms with Gasteiger partial charge in [-0.25, -0.2) is 4.39 Å². The Hall–Kier alpha value is -2.08. The molecular weight excluding hydrogens is 307 g/mol. The first-order chi connectivity index (χ1) is 11.6. The minimum Gasteiger partial charge on any atom is -0.374 e. The fourth-order valence-corrected chi connectivity index (χ4v) is 3.27. The molecule has 2 saturated heterocycles. The van der Waals surface area contributed by atoms with Crippen LogP contribution < -0.4 is 15.5 Å². The number of nitrogens with one attached hydrogen (secondary N) is 2. The van der Waals surface area contributed by atoms with E-state index < -0.39 is 0 Å². The highest BCUT2D eigenvalue weighted by atomic mass is 19.1. The van der Waals surface area contributed by atoms with Crippen molar-refractivity contribution in [3.8, 4) is 0 Å². The predicted octanol–water partition coefficient (Wildman–Crippen LogP) is 2.17. The summed E-state index contributed by atoms with van der Waals surface area (Å²) >= 11 is 0. The number of likely N-dealkylation sites (N-methyl/N-ethyl adjacent to an activating group) is 1. The first-order valence-corrected chi connectivity index (χ1v) is 8.59. The van der Waals surface area contributed by atoms with Crippen molar-refractivity contribution in [2.24, 2.45) is 0 Å². The van der Waals surface area contributed by atoms with Gasteiger partial charge in [-0.2, -0.15) is 0 Å². The summed E-state index contributed by atoms with van der Waals surface area (Å²) in [6, 6.07) is 4.80. The number of benzene rings is 1. The lowest BCUT2D eigenvalue weighted by molar-refractivity contribution is -0.122. The molecule has 2 aliphatic heterocycles. The summed E-state index contributed by atoms with van der Waals surface area (Å²) in [5.74, 6) is -0.350. The zero-order chi connectivity index (χ0) is 17.1. The van der Waals surface area contributed by atoms with Gasteiger partial charge in [-0.05, 0) is 37.6 Å². The topological polar surface area (TPSA) is 47.6 Å². The first-order valence-electron chi connectivity index (χ1n) is 8.59. The number of hydrogen-bond donors (Lipinski definition) is 2. The smallest absolute Gasteiger partial charge is 0.246 e. The molecule has 0 bridgehead atoms. The number of allylic oxidation sites excluding steroid dienone is 1. The highest BCUT2D eigenvalue weighted by molar-refractivity contribution is 5.87. The van der Waals surface area contributed by atoms with Crippen molar-refractivity contribution >= 4 is 17.3 Å². The maximum absolute atomic E-state index is 14.5. The summed E-state index contributed by atoms with van der Waals surface area (Å²) < 4.78 is 14.5. The maximum atomic E-state index is 14.5. The number of piperazine rings is 1. The Balaban J connectivity index is 1.64. The third kappa shape index (κ3) is 3.70. The lowest BCUT2D eigenvalue weighted by atomic mass is 10.0. The van der Waals surface area contributed by atoms with Crippen LogP contribution in [0.25, 0.3) is 0 Å². The molecule has 2 heterocycles. The highest BCUT2D eigenvalue weighted by Crippen LogP contribution is 2.25. The monoisotopic (exact) mass is 332 g/mol. The van der Waals surface area contributed by atoms with Gasteiger partial charge in [0.15, 0.2) is 0 Å². The summed E-state index contributed by atoms with van der Waals surface area (Å²) in [6.45, 7) is 10.5. The van der Waals surface area contributed by atoms with Crippen molar-refractivity contribution in [1.82, 2.24) is 10.2 Å². The second-order valence-electron chi connectivity index (χ2n) is 6.42. The minimum atomic E-state index is -0.339. The number of hydrogen-bond acceptors (Lipinski definition) is 4. The Morgan fingerprint density at radius 3 is 2.71 bits per heavy atom. The standard InChI is InChI=1S/C18H25FN4O/c1-3-22-8-10-23(11-9-22)17-7-5-14(12-15(17)19)21-16-6-4-13(2)20-18(16)24/h5,7,12,16,21H,2-4,6,8-11H2,1H3,(H,20,24). The Bertz CT molecular complexity index is 625. The molecular formula is C18H25FN4O. The maximum Gasteiger partial charge on any atom is 0.246 e. The molecule has 2 fully saturated rings. The quantitative estimate of drug-likeness (QED) is 0.887. The molecule has 3 rings (SSSR count). The van der Waals surface area contributed by atoms with Crippen molar-refractivity contribution < 1.29 is 9.18 Å². The van der Waals surface area contributed by atoms with Crippen LogP contribution in [0.3, 0.4) is 0 Å². The molecule has 5 nitrogen and oxygen atoms in total. The van der Waals surface area contributed by atoms with E-state index in [-0.39, 0.29) is 17.8 Å². The molecule has 2 N–H and O–H groups in total. The molecule has 130 valence electrons. The Morgan fingerprint density at radius 2 is 2.08 bits per heavy atom. The molecule has 1 unspecified atom stereocenters. The first kappa shape index (κ1) is 16.8. The Kier molecular flexibility index (Phi) is 5.04. The van der Waals surface area contributed by atoms with Crippen LogP contribution in [0.1, 0.15) is 19.8 Å². The van der Waals surface area contributed by atoms with Crippen LogP contribution in [0.2, 0.25) is 0 Å². The third-order valence-electron chi connectivity index (χ3n) is 4.80. The second kappa shape index (κ2) is 7.21. The normalized spacial score (nSPS) is 22.4. The highest BCUT2D eigenvalue weighted by Gasteiger charge is 2.24. The van der Waals surface area contributed by atoms with Gasteiger partial charge in [0.1, 0.15) is 11.9 Å². The van der Waals surface area contributed by atoms with Gasteiger partial charge in [-0.15, -0.1) is 0 Å². The molecule has 1 aromatic carbocycles. The van der Waals surface area contributed by atoms with E-state index in [2.05, 4.69) is 33.9 Å². The van der Waals surface area contributed by atoms with E-state index in [0.717, 1.165) is 44.8 Å². The van der Waals surface area contributed by atoms with E-state index in [1.54, 1.807) is 6.07 Å². The van der Waals surface area contributed by atoms with Gasteiger partial charge in [0.2, 0.25) is 5.91 Å². The van der Waals surface area contributed by atoms with Crippen LogP contribution >= 0.6 is 0 Å². The molecule has 6 heteroatoms. The van der Waals surface area contributed by atoms with Crippen molar-refractivity contribution in [3.63, 3.8) is 0 Å².